The van der Waals surface area contributed by atoms with Crippen molar-refractivity contribution < 1.29 is 9.53 Å². The second-order valence-electron chi connectivity index (χ2n) is 5.46. The predicted octanol–water partition coefficient (Wildman–Crippen LogP) is 4.34. The number of halogens is 2. The summed E-state index contributed by atoms with van der Waals surface area (Å²) in [5.74, 6) is 2.13. The highest BCUT2D eigenvalue weighted by molar-refractivity contribution is 6.68. The molecule has 0 atom stereocenters. The third kappa shape index (κ3) is 3.83. The summed E-state index contributed by atoms with van der Waals surface area (Å²) in [6.45, 7) is 2.48. The molecule has 0 radical (unpaired) electrons. The maximum Gasteiger partial charge on any atom is 0.253 e. The molecule has 1 heterocycles. The first-order chi connectivity index (χ1) is 12.0. The minimum absolute atomic E-state index is 0.265. The zero-order valence-corrected chi connectivity index (χ0v) is 15.2. The van der Waals surface area contributed by atoms with Gasteiger partial charge in [0.25, 0.3) is 5.24 Å². The Balaban J connectivity index is 1.86. The van der Waals surface area contributed by atoms with Crippen LogP contribution in [-0.4, -0.2) is 27.1 Å². The van der Waals surface area contributed by atoms with E-state index in [1.807, 2.05) is 35.9 Å². The molecule has 0 aliphatic heterocycles. The Labute approximate surface area is 155 Å². The number of carbonyl (C=O) groups excluding carboxylic acids is 1. The minimum Gasteiger partial charge on any atom is -0.497 e. The van der Waals surface area contributed by atoms with Crippen LogP contribution >= 0.6 is 23.2 Å². The van der Waals surface area contributed by atoms with Crippen LogP contribution in [0.25, 0.3) is 11.4 Å². The van der Waals surface area contributed by atoms with Crippen LogP contribution in [0.4, 0.5) is 0 Å². The number of rotatable bonds is 5. The lowest BCUT2D eigenvalue weighted by molar-refractivity contribution is 0.108. The van der Waals surface area contributed by atoms with Crippen molar-refractivity contribution in [1.82, 2.24) is 14.8 Å². The van der Waals surface area contributed by atoms with E-state index in [-0.39, 0.29) is 10.6 Å². The smallest absolute Gasteiger partial charge is 0.253 e. The molecule has 0 amide bonds. The number of aryl methyl sites for hydroxylation is 1. The number of carbonyl (C=O) groups is 1. The van der Waals surface area contributed by atoms with Crippen molar-refractivity contribution >= 4 is 28.4 Å². The van der Waals surface area contributed by atoms with Gasteiger partial charge in [0.15, 0.2) is 5.82 Å². The fraction of sp³-hybridized carbons (Fsp3) is 0.167. The highest BCUT2D eigenvalue weighted by Gasteiger charge is 2.13. The van der Waals surface area contributed by atoms with Gasteiger partial charge in [-0.1, -0.05) is 29.8 Å². The van der Waals surface area contributed by atoms with E-state index in [1.54, 1.807) is 25.3 Å². The average Bonchev–Trinajstić information content (AvgIpc) is 2.96. The molecule has 5 nitrogen and oxygen atoms in total. The van der Waals surface area contributed by atoms with E-state index >= 15 is 0 Å². The fourth-order valence-electron chi connectivity index (χ4n) is 2.41. The highest BCUT2D eigenvalue weighted by Crippen LogP contribution is 2.25. The second kappa shape index (κ2) is 7.25. The van der Waals surface area contributed by atoms with Crippen LogP contribution in [-0.2, 0) is 6.54 Å². The van der Waals surface area contributed by atoms with Crippen molar-refractivity contribution in [2.45, 2.75) is 13.5 Å². The lowest BCUT2D eigenvalue weighted by Crippen LogP contribution is -2.04. The number of nitrogens with zero attached hydrogens (tertiary/aromatic N) is 3. The molecule has 0 saturated carbocycles. The van der Waals surface area contributed by atoms with Crippen LogP contribution < -0.4 is 4.74 Å². The first-order valence-electron chi connectivity index (χ1n) is 7.52. The molecule has 128 valence electrons. The summed E-state index contributed by atoms with van der Waals surface area (Å²) >= 11 is 11.6. The van der Waals surface area contributed by atoms with Crippen LogP contribution in [0.3, 0.4) is 0 Å². The molecule has 1 aromatic heterocycles. The normalized spacial score (nSPS) is 10.7. The third-order valence-electron chi connectivity index (χ3n) is 3.79. The molecule has 2 aromatic carbocycles. The molecule has 0 fully saturated rings. The molecular formula is C18H15Cl2N3O2. The average molecular weight is 376 g/mol. The summed E-state index contributed by atoms with van der Waals surface area (Å²) in [4.78, 5) is 15.7. The first kappa shape index (κ1) is 17.5. The Morgan fingerprint density at radius 3 is 2.52 bits per heavy atom. The summed E-state index contributed by atoms with van der Waals surface area (Å²) in [7, 11) is 1.64. The van der Waals surface area contributed by atoms with Crippen molar-refractivity contribution in [2.24, 2.45) is 0 Å². The van der Waals surface area contributed by atoms with E-state index in [0.29, 0.717) is 12.4 Å². The SMILES string of the molecule is COc1ccc(Cn2nc(-c3ccc(C(=O)Cl)c(Cl)c3)nc2C)cc1. The highest BCUT2D eigenvalue weighted by atomic mass is 35.5. The minimum atomic E-state index is -0.592. The van der Waals surface area contributed by atoms with E-state index < -0.39 is 5.24 Å². The molecule has 0 N–H and O–H groups in total. The van der Waals surface area contributed by atoms with Crippen molar-refractivity contribution in [3.05, 3.63) is 64.4 Å². The third-order valence-corrected chi connectivity index (χ3v) is 4.30. The Morgan fingerprint density at radius 2 is 1.92 bits per heavy atom. The summed E-state index contributed by atoms with van der Waals surface area (Å²) < 4.78 is 6.97. The van der Waals surface area contributed by atoms with Gasteiger partial charge in [-0.15, -0.1) is 0 Å². The molecule has 0 unspecified atom stereocenters. The van der Waals surface area contributed by atoms with Gasteiger partial charge in [-0.25, -0.2) is 9.67 Å². The van der Waals surface area contributed by atoms with Crippen molar-refractivity contribution in [3.8, 4) is 17.1 Å². The largest absolute Gasteiger partial charge is 0.497 e. The Hall–Kier alpha value is -2.37. The topological polar surface area (TPSA) is 57.0 Å². The second-order valence-corrected chi connectivity index (χ2v) is 6.21. The number of benzene rings is 2. The first-order valence-corrected chi connectivity index (χ1v) is 8.27. The number of hydrogen-bond donors (Lipinski definition) is 0. The van der Waals surface area contributed by atoms with Crippen molar-refractivity contribution in [2.75, 3.05) is 7.11 Å². The summed E-state index contributed by atoms with van der Waals surface area (Å²) in [5, 5.41) is 4.22. The summed E-state index contributed by atoms with van der Waals surface area (Å²) in [6.07, 6.45) is 0. The van der Waals surface area contributed by atoms with Gasteiger partial charge in [-0.05, 0) is 48.4 Å². The molecule has 3 aromatic rings. The molecule has 7 heteroatoms. The van der Waals surface area contributed by atoms with Crippen LogP contribution in [0.5, 0.6) is 5.75 Å². The Kier molecular flexibility index (Phi) is 5.06. The van der Waals surface area contributed by atoms with Gasteiger partial charge in [0.2, 0.25) is 0 Å². The quantitative estimate of drug-likeness (QED) is 0.622. The summed E-state index contributed by atoms with van der Waals surface area (Å²) in [6, 6.07) is 12.7. The molecule has 3 rings (SSSR count). The molecule has 0 spiro atoms. The van der Waals surface area contributed by atoms with Gasteiger partial charge < -0.3 is 4.74 Å². The maximum absolute atomic E-state index is 11.3. The molecule has 0 bridgehead atoms. The molecule has 0 saturated heterocycles. The van der Waals surface area contributed by atoms with Crippen LogP contribution in [0.1, 0.15) is 21.7 Å². The van der Waals surface area contributed by atoms with Crippen molar-refractivity contribution in [1.29, 1.82) is 0 Å². The molecule has 25 heavy (non-hydrogen) atoms. The molecule has 0 aliphatic carbocycles. The van der Waals surface area contributed by atoms with Gasteiger partial charge in [0.1, 0.15) is 11.6 Å². The van der Waals surface area contributed by atoms with Gasteiger partial charge in [-0.3, -0.25) is 4.79 Å². The van der Waals surface area contributed by atoms with E-state index in [4.69, 9.17) is 27.9 Å². The van der Waals surface area contributed by atoms with Crippen molar-refractivity contribution in [3.63, 3.8) is 0 Å². The van der Waals surface area contributed by atoms with Gasteiger partial charge in [0, 0.05) is 5.56 Å². The lowest BCUT2D eigenvalue weighted by Gasteiger charge is -2.05. The Morgan fingerprint density at radius 1 is 1.20 bits per heavy atom. The van der Waals surface area contributed by atoms with E-state index in [2.05, 4.69) is 10.1 Å². The van der Waals surface area contributed by atoms with E-state index in [1.165, 1.54) is 0 Å². The maximum atomic E-state index is 11.3. The lowest BCUT2D eigenvalue weighted by atomic mass is 10.1. The molecular weight excluding hydrogens is 361 g/mol. The number of methoxy groups -OCH3 is 1. The van der Waals surface area contributed by atoms with Crippen LogP contribution in [0, 0.1) is 6.92 Å². The fourth-order valence-corrected chi connectivity index (χ4v) is 2.89. The van der Waals surface area contributed by atoms with Gasteiger partial charge in [-0.2, -0.15) is 5.10 Å². The van der Waals surface area contributed by atoms with E-state index in [9.17, 15) is 4.79 Å². The zero-order valence-electron chi connectivity index (χ0n) is 13.7. The Bertz CT molecular complexity index is 921. The summed E-state index contributed by atoms with van der Waals surface area (Å²) in [5.41, 5.74) is 2.08. The number of hydrogen-bond acceptors (Lipinski definition) is 4. The van der Waals surface area contributed by atoms with Crippen LogP contribution in [0.15, 0.2) is 42.5 Å². The van der Waals surface area contributed by atoms with Gasteiger partial charge >= 0.3 is 0 Å². The number of ether oxygens (including phenoxy) is 1. The van der Waals surface area contributed by atoms with E-state index in [0.717, 1.165) is 22.7 Å². The van der Waals surface area contributed by atoms with Gasteiger partial charge in [0.05, 0.1) is 24.2 Å². The predicted molar refractivity (Wildman–Crippen MR) is 97.5 cm³/mol. The monoisotopic (exact) mass is 375 g/mol. The van der Waals surface area contributed by atoms with Crippen LogP contribution in [0.2, 0.25) is 5.02 Å². The standard InChI is InChI=1S/C18H15Cl2N3O2/c1-11-21-18(13-5-8-15(17(20)24)16(19)9-13)22-23(11)10-12-3-6-14(25-2)7-4-12/h3-9H,10H2,1-2H3. The molecule has 0 aliphatic rings. The number of aromatic nitrogens is 3. The zero-order chi connectivity index (χ0) is 18.0.